The fourth-order valence-electron chi connectivity index (χ4n) is 4.12. The normalized spacial score (nSPS) is 15.0. The van der Waals surface area contributed by atoms with Gasteiger partial charge in [-0.15, -0.1) is 0 Å². The zero-order valence-electron chi connectivity index (χ0n) is 17.2. The van der Waals surface area contributed by atoms with Crippen LogP contribution in [0.3, 0.4) is 0 Å². The van der Waals surface area contributed by atoms with E-state index in [0.717, 1.165) is 74.8 Å². The Labute approximate surface area is 167 Å². The summed E-state index contributed by atoms with van der Waals surface area (Å²) < 4.78 is 13.0. The summed E-state index contributed by atoms with van der Waals surface area (Å²) in [7, 11) is 1.65. The summed E-state index contributed by atoms with van der Waals surface area (Å²) in [6, 6.07) is 7.84. The van der Waals surface area contributed by atoms with E-state index in [0.29, 0.717) is 5.56 Å². The minimum Gasteiger partial charge on any atom is -0.497 e. The van der Waals surface area contributed by atoms with Crippen molar-refractivity contribution < 1.29 is 14.3 Å². The molecule has 1 amide bonds. The molecular weight excluding hydrogens is 354 g/mol. The van der Waals surface area contributed by atoms with Gasteiger partial charge in [0, 0.05) is 43.1 Å². The van der Waals surface area contributed by atoms with Gasteiger partial charge in [0.1, 0.15) is 5.75 Å². The Kier molecular flexibility index (Phi) is 6.75. The highest BCUT2D eigenvalue weighted by molar-refractivity contribution is 6.02. The molecule has 0 radical (unpaired) electrons. The van der Waals surface area contributed by atoms with Gasteiger partial charge in [-0.3, -0.25) is 9.69 Å². The highest BCUT2D eigenvalue weighted by Gasteiger charge is 2.24. The predicted octanol–water partition coefficient (Wildman–Crippen LogP) is 2.86. The Balaban J connectivity index is 1.90. The first kappa shape index (κ1) is 20.4. The second-order valence-electron chi connectivity index (χ2n) is 7.19. The molecule has 0 aliphatic carbocycles. The van der Waals surface area contributed by atoms with E-state index >= 15 is 0 Å². The number of morpholine rings is 1. The fourth-order valence-corrected chi connectivity index (χ4v) is 4.12. The number of nitrogens with two attached hydrogens (primary N) is 1. The zero-order valence-corrected chi connectivity index (χ0v) is 17.2. The van der Waals surface area contributed by atoms with E-state index in [1.54, 1.807) is 7.11 Å². The molecule has 1 aliphatic rings. The lowest BCUT2D eigenvalue weighted by atomic mass is 9.98. The largest absolute Gasteiger partial charge is 0.497 e. The molecule has 0 atom stereocenters. The van der Waals surface area contributed by atoms with Crippen LogP contribution in [0.1, 0.15) is 35.1 Å². The first-order valence-electron chi connectivity index (χ1n) is 10.0. The number of benzene rings is 1. The summed E-state index contributed by atoms with van der Waals surface area (Å²) in [6.45, 7) is 9.67. The molecule has 1 aromatic heterocycles. The highest BCUT2D eigenvalue weighted by Crippen LogP contribution is 2.34. The van der Waals surface area contributed by atoms with Gasteiger partial charge in [0.05, 0.1) is 25.9 Å². The highest BCUT2D eigenvalue weighted by atomic mass is 16.5. The van der Waals surface area contributed by atoms with Gasteiger partial charge in [-0.25, -0.2) is 0 Å². The molecule has 1 aromatic carbocycles. The number of amides is 1. The van der Waals surface area contributed by atoms with Gasteiger partial charge < -0.3 is 19.8 Å². The third-order valence-electron chi connectivity index (χ3n) is 5.55. The summed E-state index contributed by atoms with van der Waals surface area (Å²) in [4.78, 5) is 14.7. The van der Waals surface area contributed by atoms with E-state index in [-0.39, 0.29) is 5.91 Å². The predicted molar refractivity (Wildman–Crippen MR) is 111 cm³/mol. The number of methoxy groups -OCH3 is 1. The molecule has 1 saturated heterocycles. The number of hydrogen-bond acceptors (Lipinski definition) is 4. The van der Waals surface area contributed by atoms with Crippen LogP contribution in [0.5, 0.6) is 5.75 Å². The summed E-state index contributed by atoms with van der Waals surface area (Å²) >= 11 is 0. The molecule has 2 heterocycles. The van der Waals surface area contributed by atoms with Crippen LogP contribution >= 0.6 is 0 Å². The quantitative estimate of drug-likeness (QED) is 0.759. The van der Waals surface area contributed by atoms with E-state index in [1.165, 1.54) is 5.69 Å². The van der Waals surface area contributed by atoms with Crippen LogP contribution in [-0.2, 0) is 17.7 Å². The molecule has 6 nitrogen and oxygen atoms in total. The molecule has 2 N–H and O–H groups in total. The summed E-state index contributed by atoms with van der Waals surface area (Å²) in [5.74, 6) is 0.425. The molecule has 0 bridgehead atoms. The summed E-state index contributed by atoms with van der Waals surface area (Å²) in [6.07, 6.45) is 1.87. The molecule has 28 heavy (non-hydrogen) atoms. The van der Waals surface area contributed by atoms with Gasteiger partial charge in [0.15, 0.2) is 0 Å². The van der Waals surface area contributed by atoms with Crippen LogP contribution in [-0.4, -0.2) is 55.3 Å². The Morgan fingerprint density at radius 3 is 2.43 bits per heavy atom. The van der Waals surface area contributed by atoms with E-state index in [1.807, 2.05) is 31.2 Å². The van der Waals surface area contributed by atoms with Crippen molar-refractivity contribution in [3.63, 3.8) is 0 Å². The van der Waals surface area contributed by atoms with Gasteiger partial charge in [-0.2, -0.15) is 0 Å². The lowest BCUT2D eigenvalue weighted by Crippen LogP contribution is -2.37. The maximum atomic E-state index is 12.3. The van der Waals surface area contributed by atoms with Gasteiger partial charge in [0.2, 0.25) is 0 Å². The van der Waals surface area contributed by atoms with Gasteiger partial charge >= 0.3 is 0 Å². The molecule has 152 valence electrons. The van der Waals surface area contributed by atoms with E-state index < -0.39 is 0 Å². The van der Waals surface area contributed by atoms with Crippen LogP contribution in [0, 0.1) is 6.92 Å². The van der Waals surface area contributed by atoms with E-state index in [9.17, 15) is 4.79 Å². The standard InChI is InChI=1S/C22H31N3O3/c1-4-19-21(17-6-8-18(27-3)9-7-17)20(22(23)26)16(2)25(19)11-5-10-24-12-14-28-15-13-24/h6-9H,4-5,10-15H2,1-3H3,(H2,23,26). The molecule has 0 spiro atoms. The lowest BCUT2D eigenvalue weighted by molar-refractivity contribution is 0.0369. The van der Waals surface area contributed by atoms with E-state index in [4.69, 9.17) is 15.2 Å². The SMILES string of the molecule is CCc1c(-c2ccc(OC)cc2)c(C(N)=O)c(C)n1CCCN1CCOCC1. The second-order valence-corrected chi connectivity index (χ2v) is 7.19. The van der Waals surface area contributed by atoms with Gasteiger partial charge in [-0.1, -0.05) is 19.1 Å². The molecule has 6 heteroatoms. The molecule has 0 saturated carbocycles. The Morgan fingerprint density at radius 2 is 1.86 bits per heavy atom. The van der Waals surface area contributed by atoms with Crippen LogP contribution in [0.2, 0.25) is 0 Å². The number of ether oxygens (including phenoxy) is 2. The van der Waals surface area contributed by atoms with Crippen molar-refractivity contribution in [2.75, 3.05) is 40.0 Å². The Morgan fingerprint density at radius 1 is 1.18 bits per heavy atom. The molecule has 0 unspecified atom stereocenters. The van der Waals surface area contributed by atoms with Crippen LogP contribution in [0.15, 0.2) is 24.3 Å². The van der Waals surface area contributed by atoms with Crippen molar-refractivity contribution in [1.29, 1.82) is 0 Å². The summed E-state index contributed by atoms with van der Waals surface area (Å²) in [5, 5.41) is 0. The van der Waals surface area contributed by atoms with Gasteiger partial charge in [-0.05, 0) is 37.5 Å². The topological polar surface area (TPSA) is 69.7 Å². The minimum atomic E-state index is -0.370. The van der Waals surface area contributed by atoms with Crippen molar-refractivity contribution in [2.24, 2.45) is 5.73 Å². The third kappa shape index (κ3) is 4.23. The van der Waals surface area contributed by atoms with Crippen molar-refractivity contribution >= 4 is 5.91 Å². The molecular formula is C22H31N3O3. The average molecular weight is 386 g/mol. The van der Waals surface area contributed by atoms with Crippen molar-refractivity contribution in [1.82, 2.24) is 9.47 Å². The zero-order chi connectivity index (χ0) is 20.1. The maximum absolute atomic E-state index is 12.3. The molecule has 3 rings (SSSR count). The van der Waals surface area contributed by atoms with E-state index in [2.05, 4.69) is 16.4 Å². The maximum Gasteiger partial charge on any atom is 0.251 e. The number of rotatable bonds is 8. The van der Waals surface area contributed by atoms with Crippen molar-refractivity contribution in [3.05, 3.63) is 41.2 Å². The Hall–Kier alpha value is -2.31. The number of carbonyl (C=O) groups is 1. The van der Waals surface area contributed by atoms with Crippen molar-refractivity contribution in [2.45, 2.75) is 33.2 Å². The average Bonchev–Trinajstić information content (AvgIpc) is 3.00. The minimum absolute atomic E-state index is 0.370. The molecule has 2 aromatic rings. The third-order valence-corrected chi connectivity index (χ3v) is 5.55. The van der Waals surface area contributed by atoms with Gasteiger partial charge in [0.25, 0.3) is 5.91 Å². The monoisotopic (exact) mass is 385 g/mol. The lowest BCUT2D eigenvalue weighted by Gasteiger charge is -2.26. The number of aromatic nitrogens is 1. The smallest absolute Gasteiger partial charge is 0.251 e. The van der Waals surface area contributed by atoms with Crippen LogP contribution in [0.25, 0.3) is 11.1 Å². The fraction of sp³-hybridized carbons (Fsp3) is 0.500. The van der Waals surface area contributed by atoms with Crippen molar-refractivity contribution in [3.8, 4) is 16.9 Å². The number of nitrogens with zero attached hydrogens (tertiary/aromatic N) is 2. The first-order valence-corrected chi connectivity index (χ1v) is 10.0. The van der Waals surface area contributed by atoms with Crippen LogP contribution < -0.4 is 10.5 Å². The molecule has 1 aliphatic heterocycles. The number of hydrogen-bond donors (Lipinski definition) is 1. The van der Waals surface area contributed by atoms with Crippen LogP contribution in [0.4, 0.5) is 0 Å². The Bertz CT molecular complexity index is 805. The second kappa shape index (κ2) is 9.26. The summed E-state index contributed by atoms with van der Waals surface area (Å²) in [5.41, 5.74) is 10.5. The first-order chi connectivity index (χ1) is 13.6. The number of carbonyl (C=O) groups excluding carboxylic acids is 1. The molecule has 1 fully saturated rings. The number of primary amides is 1.